The number of alkyl halides is 5. The Hall–Kier alpha value is -2.84. The number of likely N-dealkylation sites (tertiary alicyclic amines) is 1. The molecule has 2 saturated heterocycles. The first-order chi connectivity index (χ1) is 16.9. The van der Waals surface area contributed by atoms with E-state index in [0.717, 1.165) is 11.3 Å². The van der Waals surface area contributed by atoms with Crippen LogP contribution in [0.1, 0.15) is 32.1 Å². The lowest BCUT2D eigenvalue weighted by Gasteiger charge is -2.29. The molecule has 0 aromatic carbocycles. The molecule has 4 amide bonds. The van der Waals surface area contributed by atoms with E-state index in [1.54, 1.807) is 5.32 Å². The van der Waals surface area contributed by atoms with Gasteiger partial charge < -0.3 is 20.9 Å². The number of fused-ring (bicyclic) bond motifs is 1. The van der Waals surface area contributed by atoms with Crippen LogP contribution in [0.2, 0.25) is 0 Å². The Morgan fingerprint density at radius 3 is 2.47 bits per heavy atom. The highest BCUT2D eigenvalue weighted by Crippen LogP contribution is 2.42. The zero-order valence-corrected chi connectivity index (χ0v) is 19.1. The van der Waals surface area contributed by atoms with Crippen molar-refractivity contribution in [1.82, 2.24) is 20.9 Å². The molecular weight excluding hydrogens is 499 g/mol. The monoisotopic (exact) mass is 526 g/mol. The minimum atomic E-state index is -5.09. The third-order valence-corrected chi connectivity index (χ3v) is 6.80. The molecule has 36 heavy (non-hydrogen) atoms. The molecule has 3 fully saturated rings. The van der Waals surface area contributed by atoms with Crippen molar-refractivity contribution in [3.8, 4) is 0 Å². The molecular formula is C21H27F5N4O6. The quantitative estimate of drug-likeness (QED) is 0.289. The Morgan fingerprint density at radius 2 is 1.86 bits per heavy atom. The number of Topliss-reactive ketones (excluding diaryl/α,β-unsaturated/α-hetero) is 1. The Kier molecular flexibility index (Phi) is 8.84. The summed E-state index contributed by atoms with van der Waals surface area (Å²) in [5, 5.41) is 6.70. The molecule has 3 rings (SSSR count). The molecule has 0 bridgehead atoms. The molecule has 5 atom stereocenters. The van der Waals surface area contributed by atoms with Crippen molar-refractivity contribution in [3.63, 3.8) is 0 Å². The van der Waals surface area contributed by atoms with E-state index >= 15 is 0 Å². The first kappa shape index (κ1) is 27.7. The van der Waals surface area contributed by atoms with Gasteiger partial charge >= 0.3 is 18.2 Å². The summed E-state index contributed by atoms with van der Waals surface area (Å²) >= 11 is 0. The third-order valence-electron chi connectivity index (χ3n) is 6.80. The zero-order chi connectivity index (χ0) is 26.6. The van der Waals surface area contributed by atoms with Gasteiger partial charge in [-0.3, -0.25) is 28.7 Å². The van der Waals surface area contributed by atoms with Crippen molar-refractivity contribution < 1.29 is 50.7 Å². The summed E-state index contributed by atoms with van der Waals surface area (Å²) < 4.78 is 65.9. The van der Waals surface area contributed by atoms with Crippen LogP contribution in [0.3, 0.4) is 0 Å². The lowest BCUT2D eigenvalue weighted by Crippen LogP contribution is -2.56. The Balaban J connectivity index is 1.76. The lowest BCUT2D eigenvalue weighted by molar-refractivity contribution is -0.321. The molecule has 202 valence electrons. The largest absolute Gasteiger partial charge is 0.522 e. The molecule has 3 N–H and O–H groups in total. The summed E-state index contributed by atoms with van der Waals surface area (Å²) in [5.41, 5.74) is 0. The number of halogens is 5. The minimum Gasteiger partial charge on any atom is -0.356 e. The average molecular weight is 526 g/mol. The lowest BCUT2D eigenvalue weighted by atomic mass is 9.92. The molecule has 10 nitrogen and oxygen atoms in total. The van der Waals surface area contributed by atoms with Gasteiger partial charge in [-0.2, -0.15) is 0 Å². The van der Waals surface area contributed by atoms with Crippen molar-refractivity contribution in [2.75, 3.05) is 26.2 Å². The first-order valence-electron chi connectivity index (χ1n) is 11.6. The van der Waals surface area contributed by atoms with Crippen LogP contribution in [0.4, 0.5) is 22.0 Å². The van der Waals surface area contributed by atoms with Crippen molar-refractivity contribution >= 4 is 29.4 Å². The summed E-state index contributed by atoms with van der Waals surface area (Å²) in [5.74, 6) is -6.17. The second-order valence-corrected chi connectivity index (χ2v) is 9.13. The Bertz CT molecular complexity index is 885. The van der Waals surface area contributed by atoms with E-state index in [4.69, 9.17) is 0 Å². The van der Waals surface area contributed by atoms with Gasteiger partial charge in [0.15, 0.2) is 5.78 Å². The number of nitrogens with one attached hydrogen (secondary N) is 3. The van der Waals surface area contributed by atoms with Crippen molar-refractivity contribution in [1.29, 1.82) is 0 Å². The number of ether oxygens (including phenoxy) is 1. The van der Waals surface area contributed by atoms with E-state index in [1.807, 2.05) is 0 Å². The maximum atomic E-state index is 13.3. The van der Waals surface area contributed by atoms with Gasteiger partial charge in [-0.25, -0.2) is 8.78 Å². The highest BCUT2D eigenvalue weighted by molar-refractivity contribution is 6.35. The van der Waals surface area contributed by atoms with Gasteiger partial charge in [0, 0.05) is 19.0 Å². The summed E-state index contributed by atoms with van der Waals surface area (Å²) in [6.45, 7) is -2.12. The van der Waals surface area contributed by atoms with Gasteiger partial charge in [0.25, 0.3) is 6.43 Å². The standard InChI is InChI=1S/C21H27F5N4O6/c22-15(23)7-28-19(34)20(35)30-8-11-2-1-3-12(11)16(30)18(33)29-13(6-10-4-5-27-17(10)32)14(31)9-36-21(24,25)26/h10-13,15-16H,1-9H2,(H,27,32)(H,28,34)(H,29,33)/t10-,11-,12-,13-,16?/m0/s1. The Morgan fingerprint density at radius 1 is 1.14 bits per heavy atom. The number of carbonyl (C=O) groups excluding carboxylic acids is 5. The molecule has 1 aliphatic carbocycles. The van der Waals surface area contributed by atoms with Crippen molar-refractivity contribution in [3.05, 3.63) is 0 Å². The number of nitrogens with zero attached hydrogens (tertiary/aromatic N) is 1. The second-order valence-electron chi connectivity index (χ2n) is 9.13. The van der Waals surface area contributed by atoms with Crippen LogP contribution in [0.15, 0.2) is 0 Å². The normalized spacial score (nSPS) is 26.5. The highest BCUT2D eigenvalue weighted by Gasteiger charge is 2.51. The predicted molar refractivity (Wildman–Crippen MR) is 110 cm³/mol. The zero-order valence-electron chi connectivity index (χ0n) is 19.1. The fourth-order valence-corrected chi connectivity index (χ4v) is 5.16. The molecule has 0 aromatic heterocycles. The predicted octanol–water partition coefficient (Wildman–Crippen LogP) is 0.111. The van der Waals surface area contributed by atoms with Gasteiger partial charge in [-0.15, -0.1) is 13.2 Å². The van der Waals surface area contributed by atoms with E-state index in [9.17, 15) is 45.9 Å². The van der Waals surface area contributed by atoms with Crippen LogP contribution < -0.4 is 16.0 Å². The SMILES string of the molecule is O=C(NCC(F)F)C(=O)N1C[C@@H]2CCC[C@@H]2C1C(=O)N[C@@H](C[C@@H]1CCNC1=O)C(=O)COC(F)(F)F. The van der Waals surface area contributed by atoms with Crippen LogP contribution in [-0.2, 0) is 28.7 Å². The van der Waals surface area contributed by atoms with Gasteiger partial charge in [0.2, 0.25) is 11.8 Å². The number of carbonyl (C=O) groups is 5. The first-order valence-corrected chi connectivity index (χ1v) is 11.6. The molecule has 0 radical (unpaired) electrons. The molecule has 2 heterocycles. The number of ketones is 1. The summed E-state index contributed by atoms with van der Waals surface area (Å²) in [4.78, 5) is 63.6. The fourth-order valence-electron chi connectivity index (χ4n) is 5.16. The van der Waals surface area contributed by atoms with Crippen LogP contribution >= 0.6 is 0 Å². The van der Waals surface area contributed by atoms with Crippen LogP contribution in [0.5, 0.6) is 0 Å². The van der Waals surface area contributed by atoms with Crippen LogP contribution in [0.25, 0.3) is 0 Å². The number of rotatable bonds is 9. The van der Waals surface area contributed by atoms with Gasteiger partial charge in [-0.1, -0.05) is 6.42 Å². The van der Waals surface area contributed by atoms with E-state index in [0.29, 0.717) is 25.8 Å². The topological polar surface area (TPSA) is 134 Å². The highest BCUT2D eigenvalue weighted by atomic mass is 19.4. The molecule has 0 spiro atoms. The van der Waals surface area contributed by atoms with Crippen molar-refractivity contribution in [2.45, 2.75) is 57.0 Å². The maximum Gasteiger partial charge on any atom is 0.522 e. The molecule has 2 aliphatic heterocycles. The number of amides is 4. The number of hydrogen-bond acceptors (Lipinski definition) is 6. The van der Waals surface area contributed by atoms with Gasteiger partial charge in [0.05, 0.1) is 12.6 Å². The average Bonchev–Trinajstić information content (AvgIpc) is 3.50. The summed E-state index contributed by atoms with van der Waals surface area (Å²) in [6, 6.07) is -2.74. The van der Waals surface area contributed by atoms with Crippen molar-refractivity contribution in [2.24, 2.45) is 17.8 Å². The molecule has 15 heteroatoms. The smallest absolute Gasteiger partial charge is 0.356 e. The summed E-state index contributed by atoms with van der Waals surface area (Å²) in [7, 11) is 0. The third kappa shape index (κ3) is 6.89. The molecule has 1 saturated carbocycles. The molecule has 3 aliphatic rings. The number of hydrogen-bond donors (Lipinski definition) is 3. The van der Waals surface area contributed by atoms with Crippen LogP contribution in [0, 0.1) is 17.8 Å². The van der Waals surface area contributed by atoms with Crippen LogP contribution in [-0.4, -0.2) is 85.4 Å². The van der Waals surface area contributed by atoms with E-state index in [2.05, 4.69) is 15.4 Å². The summed E-state index contributed by atoms with van der Waals surface area (Å²) in [6.07, 6.45) is -6.04. The minimum absolute atomic E-state index is 0.0184. The maximum absolute atomic E-state index is 13.3. The fraction of sp³-hybridized carbons (Fsp3) is 0.762. The van der Waals surface area contributed by atoms with Gasteiger partial charge in [-0.05, 0) is 37.5 Å². The molecule has 1 unspecified atom stereocenters. The second kappa shape index (κ2) is 11.5. The van der Waals surface area contributed by atoms with E-state index in [1.165, 1.54) is 0 Å². The van der Waals surface area contributed by atoms with E-state index < -0.39 is 73.4 Å². The van der Waals surface area contributed by atoms with E-state index in [-0.39, 0.29) is 24.8 Å². The Labute approximate surface area is 202 Å². The molecule has 0 aromatic rings. The van der Waals surface area contributed by atoms with Gasteiger partial charge in [0.1, 0.15) is 12.6 Å².